The Hall–Kier alpha value is -0.720. The van der Waals surface area contributed by atoms with E-state index in [0.717, 1.165) is 13.0 Å². The average molecular weight is 332 g/mol. The van der Waals surface area contributed by atoms with E-state index < -0.39 is 17.5 Å². The summed E-state index contributed by atoms with van der Waals surface area (Å²) in [5, 5.41) is 14.4. The Kier molecular flexibility index (Phi) is 6.59. The third-order valence-corrected chi connectivity index (χ3v) is 4.33. The minimum absolute atomic E-state index is 0.0107. The van der Waals surface area contributed by atoms with Crippen LogP contribution in [-0.2, 0) is 15.1 Å². The summed E-state index contributed by atoms with van der Waals surface area (Å²) >= 11 is 5.88. The van der Waals surface area contributed by atoms with Crippen LogP contribution in [0.4, 0.5) is 4.39 Å². The van der Waals surface area contributed by atoms with Crippen LogP contribution in [0.15, 0.2) is 18.2 Å². The quantitative estimate of drug-likeness (QED) is 0.754. The fourth-order valence-corrected chi connectivity index (χ4v) is 2.99. The zero-order valence-corrected chi connectivity index (χ0v) is 13.5. The van der Waals surface area contributed by atoms with Gasteiger partial charge in [0, 0.05) is 32.4 Å². The van der Waals surface area contributed by atoms with Crippen molar-refractivity contribution in [2.24, 2.45) is 0 Å². The zero-order chi connectivity index (χ0) is 16.0. The summed E-state index contributed by atoms with van der Waals surface area (Å²) in [6.07, 6.45) is 1.38. The number of benzene rings is 1. The lowest BCUT2D eigenvalue weighted by Crippen LogP contribution is -2.51. The summed E-state index contributed by atoms with van der Waals surface area (Å²) in [4.78, 5) is 0. The molecule has 1 aliphatic heterocycles. The van der Waals surface area contributed by atoms with Gasteiger partial charge < -0.3 is 19.9 Å². The normalized spacial score (nSPS) is 21.5. The summed E-state index contributed by atoms with van der Waals surface area (Å²) in [6.45, 7) is 2.31. The van der Waals surface area contributed by atoms with Gasteiger partial charge in [-0.05, 0) is 25.3 Å². The van der Waals surface area contributed by atoms with E-state index in [1.807, 2.05) is 0 Å². The lowest BCUT2D eigenvalue weighted by Gasteiger charge is -2.39. The second kappa shape index (κ2) is 8.22. The smallest absolute Gasteiger partial charge is 0.147 e. The molecule has 0 aliphatic carbocycles. The lowest BCUT2D eigenvalue weighted by molar-refractivity contribution is -0.131. The minimum Gasteiger partial charge on any atom is -0.385 e. The first-order valence-corrected chi connectivity index (χ1v) is 7.95. The molecule has 0 unspecified atom stereocenters. The number of aliphatic hydroxyl groups is 1. The van der Waals surface area contributed by atoms with Crippen molar-refractivity contribution < 1.29 is 19.0 Å². The molecule has 0 aromatic heterocycles. The van der Waals surface area contributed by atoms with Crippen LogP contribution in [-0.4, -0.2) is 44.6 Å². The van der Waals surface area contributed by atoms with Gasteiger partial charge in [-0.25, -0.2) is 4.39 Å². The van der Waals surface area contributed by atoms with Crippen molar-refractivity contribution in [3.63, 3.8) is 0 Å². The third kappa shape index (κ3) is 3.97. The first-order chi connectivity index (χ1) is 10.6. The molecule has 0 saturated carbocycles. The van der Waals surface area contributed by atoms with Gasteiger partial charge >= 0.3 is 0 Å². The number of ether oxygens (including phenoxy) is 2. The molecule has 2 atom stereocenters. The topological polar surface area (TPSA) is 50.7 Å². The summed E-state index contributed by atoms with van der Waals surface area (Å²) in [7, 11) is 1.64. The fraction of sp³-hybridized carbons (Fsp3) is 0.625. The van der Waals surface area contributed by atoms with Crippen LogP contribution < -0.4 is 5.32 Å². The van der Waals surface area contributed by atoms with Gasteiger partial charge in [0.25, 0.3) is 0 Å². The monoisotopic (exact) mass is 331 g/mol. The number of methoxy groups -OCH3 is 1. The average Bonchev–Trinajstić information content (AvgIpc) is 2.55. The zero-order valence-electron chi connectivity index (χ0n) is 12.8. The van der Waals surface area contributed by atoms with Crippen molar-refractivity contribution in [3.05, 3.63) is 34.6 Å². The maximum Gasteiger partial charge on any atom is 0.147 e. The largest absolute Gasteiger partial charge is 0.385 e. The maximum absolute atomic E-state index is 14.4. The van der Waals surface area contributed by atoms with Gasteiger partial charge in [0.05, 0.1) is 11.6 Å². The highest BCUT2D eigenvalue weighted by Gasteiger charge is 2.42. The molecular formula is C16H23ClFNO3. The van der Waals surface area contributed by atoms with E-state index in [-0.39, 0.29) is 10.6 Å². The molecule has 4 nitrogen and oxygen atoms in total. The van der Waals surface area contributed by atoms with Crippen molar-refractivity contribution in [1.82, 2.24) is 5.32 Å². The van der Waals surface area contributed by atoms with E-state index in [9.17, 15) is 9.50 Å². The highest BCUT2D eigenvalue weighted by Crippen LogP contribution is 2.36. The number of unbranched alkanes of at least 4 members (excludes halogenated alkanes) is 1. The molecule has 1 heterocycles. The molecule has 1 aromatic rings. The van der Waals surface area contributed by atoms with Crippen molar-refractivity contribution in [2.45, 2.75) is 31.0 Å². The fourth-order valence-electron chi connectivity index (χ4n) is 2.82. The molecule has 22 heavy (non-hydrogen) atoms. The predicted molar refractivity (Wildman–Crippen MR) is 83.6 cm³/mol. The second-order valence-corrected chi connectivity index (χ2v) is 5.95. The Morgan fingerprint density at radius 2 is 2.32 bits per heavy atom. The highest BCUT2D eigenvalue weighted by molar-refractivity contribution is 6.30. The van der Waals surface area contributed by atoms with E-state index in [1.54, 1.807) is 19.2 Å². The Morgan fingerprint density at radius 1 is 1.50 bits per heavy atom. The molecule has 6 heteroatoms. The van der Waals surface area contributed by atoms with Crippen molar-refractivity contribution in [2.75, 3.05) is 33.4 Å². The maximum atomic E-state index is 14.4. The number of hydrogen-bond donors (Lipinski definition) is 2. The van der Waals surface area contributed by atoms with Crippen LogP contribution in [0.1, 0.15) is 24.8 Å². The van der Waals surface area contributed by atoms with Crippen LogP contribution >= 0.6 is 11.6 Å². The molecule has 2 N–H and O–H groups in total. The van der Waals surface area contributed by atoms with Gasteiger partial charge in [0.15, 0.2) is 0 Å². The Morgan fingerprint density at radius 3 is 3.00 bits per heavy atom. The number of rotatable bonds is 7. The van der Waals surface area contributed by atoms with Gasteiger partial charge in [-0.15, -0.1) is 0 Å². The summed E-state index contributed by atoms with van der Waals surface area (Å²) in [6, 6.07) is 4.71. The van der Waals surface area contributed by atoms with Gasteiger partial charge in [-0.1, -0.05) is 23.7 Å². The summed E-state index contributed by atoms with van der Waals surface area (Å²) in [5.74, 6) is -0.576. The van der Waals surface area contributed by atoms with E-state index >= 15 is 0 Å². The lowest BCUT2D eigenvalue weighted by atomic mass is 9.82. The van der Waals surface area contributed by atoms with Crippen LogP contribution in [0.25, 0.3) is 0 Å². The third-order valence-electron chi connectivity index (χ3n) is 4.03. The SMILES string of the molecule is COCCCC[C@](O)(c1cccc(Cl)c1F)[C@H]1CNCCO1. The Labute approximate surface area is 135 Å². The second-order valence-electron chi connectivity index (χ2n) is 5.54. The molecule has 0 bridgehead atoms. The number of nitrogens with one attached hydrogen (secondary N) is 1. The number of morpholine rings is 1. The van der Waals surface area contributed by atoms with Gasteiger partial charge in [0.2, 0.25) is 0 Å². The number of halogens is 2. The molecule has 0 spiro atoms. The molecule has 0 radical (unpaired) electrons. The Balaban J connectivity index is 2.25. The van der Waals surface area contributed by atoms with Gasteiger partial charge in [0.1, 0.15) is 17.5 Å². The molecule has 124 valence electrons. The van der Waals surface area contributed by atoms with E-state index in [4.69, 9.17) is 21.1 Å². The summed E-state index contributed by atoms with van der Waals surface area (Å²) < 4.78 is 25.2. The van der Waals surface area contributed by atoms with Crippen LogP contribution in [0.5, 0.6) is 0 Å². The first-order valence-electron chi connectivity index (χ1n) is 7.57. The van der Waals surface area contributed by atoms with E-state index in [2.05, 4.69) is 5.32 Å². The molecule has 2 rings (SSSR count). The predicted octanol–water partition coefficient (Wildman–Crippen LogP) is 2.47. The van der Waals surface area contributed by atoms with Crippen LogP contribution in [0.3, 0.4) is 0 Å². The summed E-state index contributed by atoms with van der Waals surface area (Å²) in [5.41, 5.74) is -1.21. The van der Waals surface area contributed by atoms with Crippen LogP contribution in [0.2, 0.25) is 5.02 Å². The first kappa shape index (κ1) is 17.6. The van der Waals surface area contributed by atoms with E-state index in [0.29, 0.717) is 32.6 Å². The molecule has 1 aromatic carbocycles. The minimum atomic E-state index is -1.41. The standard InChI is InChI=1S/C16H23ClFNO3/c1-21-9-3-2-7-16(20,14-11-19-8-10-22-14)12-5-4-6-13(17)15(12)18/h4-6,14,19-20H,2-3,7-11H2,1H3/t14-,16+/m1/s1. The highest BCUT2D eigenvalue weighted by atomic mass is 35.5. The van der Waals surface area contributed by atoms with E-state index in [1.165, 1.54) is 6.07 Å². The van der Waals surface area contributed by atoms with Crippen molar-refractivity contribution in [3.8, 4) is 0 Å². The van der Waals surface area contributed by atoms with Gasteiger partial charge in [-0.2, -0.15) is 0 Å². The van der Waals surface area contributed by atoms with Crippen LogP contribution in [0, 0.1) is 5.82 Å². The molecule has 1 fully saturated rings. The Bertz CT molecular complexity index is 482. The molecule has 1 aliphatic rings. The van der Waals surface area contributed by atoms with Crippen molar-refractivity contribution >= 4 is 11.6 Å². The van der Waals surface area contributed by atoms with Crippen molar-refractivity contribution in [1.29, 1.82) is 0 Å². The molecule has 0 amide bonds. The number of hydrogen-bond acceptors (Lipinski definition) is 4. The molecule has 1 saturated heterocycles. The van der Waals surface area contributed by atoms with Gasteiger partial charge in [-0.3, -0.25) is 0 Å². The molecular weight excluding hydrogens is 309 g/mol.